The molecule has 0 bridgehead atoms. The molecule has 2 aromatic rings. The lowest BCUT2D eigenvalue weighted by Gasteiger charge is -2.09. The van der Waals surface area contributed by atoms with Crippen LogP contribution in [0.3, 0.4) is 0 Å². The largest absolute Gasteiger partial charge is 0.301 e. The summed E-state index contributed by atoms with van der Waals surface area (Å²) in [6.07, 6.45) is 4.40. The molecule has 0 amide bonds. The molecule has 1 fully saturated rings. The lowest BCUT2D eigenvalue weighted by atomic mass is 10.2. The average molecular weight is 271 g/mol. The summed E-state index contributed by atoms with van der Waals surface area (Å²) < 4.78 is 2.27. The summed E-state index contributed by atoms with van der Waals surface area (Å²) in [5.74, 6) is 2.64. The van der Waals surface area contributed by atoms with Crippen LogP contribution in [0.4, 0.5) is 0 Å². The van der Waals surface area contributed by atoms with E-state index >= 15 is 0 Å². The molecule has 19 heavy (non-hydrogen) atoms. The van der Waals surface area contributed by atoms with Gasteiger partial charge in [-0.3, -0.25) is 0 Å². The van der Waals surface area contributed by atoms with Crippen molar-refractivity contribution in [1.82, 2.24) is 14.8 Å². The zero-order valence-electron chi connectivity index (χ0n) is 10.8. The zero-order chi connectivity index (χ0) is 13.1. The molecule has 0 saturated heterocycles. The van der Waals surface area contributed by atoms with Crippen molar-refractivity contribution in [1.29, 1.82) is 0 Å². The number of hydrogen-bond acceptors (Lipinski definition) is 3. The third-order valence-corrected chi connectivity index (χ3v) is 4.16. The molecular formula is C15H17N3S. The maximum absolute atomic E-state index is 4.39. The van der Waals surface area contributed by atoms with Gasteiger partial charge in [-0.2, -0.15) is 0 Å². The third kappa shape index (κ3) is 2.89. The van der Waals surface area contributed by atoms with Crippen molar-refractivity contribution < 1.29 is 0 Å². The highest BCUT2D eigenvalue weighted by atomic mass is 32.2. The van der Waals surface area contributed by atoms with E-state index in [9.17, 15) is 0 Å². The quantitative estimate of drug-likeness (QED) is 0.595. The summed E-state index contributed by atoms with van der Waals surface area (Å²) in [5, 5.41) is 9.73. The molecule has 1 aliphatic rings. The molecule has 3 nitrogen and oxygen atoms in total. The van der Waals surface area contributed by atoms with Gasteiger partial charge in [0.2, 0.25) is 0 Å². The van der Waals surface area contributed by atoms with Crippen molar-refractivity contribution in [2.45, 2.75) is 30.5 Å². The zero-order valence-corrected chi connectivity index (χ0v) is 11.6. The van der Waals surface area contributed by atoms with Crippen LogP contribution in [-0.2, 0) is 6.54 Å². The van der Waals surface area contributed by atoms with E-state index < -0.39 is 0 Å². The van der Waals surface area contributed by atoms with Crippen molar-refractivity contribution >= 4 is 11.8 Å². The Morgan fingerprint density at radius 2 is 2.05 bits per heavy atom. The van der Waals surface area contributed by atoms with Gasteiger partial charge >= 0.3 is 0 Å². The van der Waals surface area contributed by atoms with Gasteiger partial charge < -0.3 is 4.57 Å². The molecule has 3 rings (SSSR count). The Morgan fingerprint density at radius 1 is 1.26 bits per heavy atom. The minimum absolute atomic E-state index is 0.620. The summed E-state index contributed by atoms with van der Waals surface area (Å²) in [6.45, 7) is 4.63. The van der Waals surface area contributed by atoms with Crippen molar-refractivity contribution in [3.05, 3.63) is 54.4 Å². The molecule has 4 heteroatoms. The number of rotatable bonds is 6. The first-order valence-electron chi connectivity index (χ1n) is 6.59. The molecule has 0 aliphatic heterocycles. The lowest BCUT2D eigenvalue weighted by molar-refractivity contribution is 0.668. The molecule has 1 aliphatic carbocycles. The van der Waals surface area contributed by atoms with Gasteiger partial charge in [-0.25, -0.2) is 0 Å². The summed E-state index contributed by atoms with van der Waals surface area (Å²) in [5.41, 5.74) is 1.30. The Bertz CT molecular complexity index is 558. The Hall–Kier alpha value is -1.55. The monoisotopic (exact) mass is 271 g/mol. The van der Waals surface area contributed by atoms with E-state index in [1.807, 2.05) is 12.1 Å². The lowest BCUT2D eigenvalue weighted by Crippen LogP contribution is -2.06. The SMILES string of the molecule is C=CCSc1nnc(C2CC2)n1Cc1ccccc1. The maximum atomic E-state index is 4.39. The van der Waals surface area contributed by atoms with Gasteiger partial charge in [0.25, 0.3) is 0 Å². The first-order valence-corrected chi connectivity index (χ1v) is 7.57. The van der Waals surface area contributed by atoms with Gasteiger partial charge in [0, 0.05) is 11.7 Å². The molecular weight excluding hydrogens is 254 g/mol. The molecule has 0 N–H and O–H groups in total. The van der Waals surface area contributed by atoms with Gasteiger partial charge in [-0.1, -0.05) is 48.2 Å². The third-order valence-electron chi connectivity index (χ3n) is 3.20. The Labute approximate surface area is 117 Å². The van der Waals surface area contributed by atoms with Crippen LogP contribution < -0.4 is 0 Å². The van der Waals surface area contributed by atoms with Gasteiger partial charge in [0.15, 0.2) is 5.16 Å². The van der Waals surface area contributed by atoms with Crippen molar-refractivity contribution in [3.63, 3.8) is 0 Å². The molecule has 0 radical (unpaired) electrons. The molecule has 98 valence electrons. The van der Waals surface area contributed by atoms with Crippen LogP contribution in [0.15, 0.2) is 48.1 Å². The van der Waals surface area contributed by atoms with Gasteiger partial charge in [-0.05, 0) is 18.4 Å². The maximum Gasteiger partial charge on any atom is 0.191 e. The second-order valence-corrected chi connectivity index (χ2v) is 5.77. The van der Waals surface area contributed by atoms with Crippen LogP contribution in [0.1, 0.15) is 30.1 Å². The van der Waals surface area contributed by atoms with Gasteiger partial charge in [-0.15, -0.1) is 16.8 Å². The number of thioether (sulfide) groups is 1. The standard InChI is InChI=1S/C15H17N3S/c1-2-10-19-15-17-16-14(13-8-9-13)18(15)11-12-6-4-3-5-7-12/h2-7,13H,1,8-11H2. The second-order valence-electron chi connectivity index (χ2n) is 4.79. The first kappa shape index (κ1) is 12.5. The highest BCUT2D eigenvalue weighted by Gasteiger charge is 2.30. The first-order chi connectivity index (χ1) is 9.38. The molecule has 0 spiro atoms. The van der Waals surface area contributed by atoms with E-state index in [0.717, 1.165) is 23.3 Å². The number of benzene rings is 1. The van der Waals surface area contributed by atoms with Crippen molar-refractivity contribution in [3.8, 4) is 0 Å². The van der Waals surface area contributed by atoms with E-state index in [2.05, 4.69) is 45.6 Å². The van der Waals surface area contributed by atoms with E-state index in [1.165, 1.54) is 18.4 Å². The molecule has 1 aromatic heterocycles. The average Bonchev–Trinajstić information content (AvgIpc) is 3.21. The molecule has 0 atom stereocenters. The Balaban J connectivity index is 1.87. The summed E-state index contributed by atoms with van der Waals surface area (Å²) in [7, 11) is 0. The van der Waals surface area contributed by atoms with Crippen LogP contribution in [0.2, 0.25) is 0 Å². The highest BCUT2D eigenvalue weighted by Crippen LogP contribution is 2.40. The topological polar surface area (TPSA) is 30.7 Å². The number of aromatic nitrogens is 3. The fourth-order valence-electron chi connectivity index (χ4n) is 2.10. The van der Waals surface area contributed by atoms with Crippen LogP contribution in [-0.4, -0.2) is 20.5 Å². The fraction of sp³-hybridized carbons (Fsp3) is 0.333. The van der Waals surface area contributed by atoms with Crippen LogP contribution in [0, 0.1) is 0 Å². The van der Waals surface area contributed by atoms with Gasteiger partial charge in [0.1, 0.15) is 5.82 Å². The van der Waals surface area contributed by atoms with Crippen molar-refractivity contribution in [2.24, 2.45) is 0 Å². The minimum atomic E-state index is 0.620. The fourth-order valence-corrected chi connectivity index (χ4v) is 2.78. The summed E-state index contributed by atoms with van der Waals surface area (Å²) in [6, 6.07) is 10.5. The van der Waals surface area contributed by atoms with Gasteiger partial charge in [0.05, 0.1) is 6.54 Å². The second kappa shape index (κ2) is 5.61. The van der Waals surface area contributed by atoms with Crippen LogP contribution >= 0.6 is 11.8 Å². The van der Waals surface area contributed by atoms with Crippen LogP contribution in [0.25, 0.3) is 0 Å². The molecule has 1 heterocycles. The minimum Gasteiger partial charge on any atom is -0.301 e. The Morgan fingerprint density at radius 3 is 2.74 bits per heavy atom. The van der Waals surface area contributed by atoms with E-state index in [-0.39, 0.29) is 0 Å². The smallest absolute Gasteiger partial charge is 0.191 e. The highest BCUT2D eigenvalue weighted by molar-refractivity contribution is 7.99. The van der Waals surface area contributed by atoms with E-state index in [4.69, 9.17) is 0 Å². The molecule has 0 unspecified atom stereocenters. The Kier molecular flexibility index (Phi) is 3.69. The van der Waals surface area contributed by atoms with E-state index in [1.54, 1.807) is 11.8 Å². The van der Waals surface area contributed by atoms with Crippen LogP contribution in [0.5, 0.6) is 0 Å². The van der Waals surface area contributed by atoms with E-state index in [0.29, 0.717) is 5.92 Å². The molecule has 1 saturated carbocycles. The van der Waals surface area contributed by atoms with Crippen molar-refractivity contribution in [2.75, 3.05) is 5.75 Å². The normalized spacial score (nSPS) is 14.5. The predicted molar refractivity (Wildman–Crippen MR) is 78.5 cm³/mol. The number of nitrogens with zero attached hydrogens (tertiary/aromatic N) is 3. The summed E-state index contributed by atoms with van der Waals surface area (Å²) in [4.78, 5) is 0. The predicted octanol–water partition coefficient (Wildman–Crippen LogP) is 3.48. The summed E-state index contributed by atoms with van der Waals surface area (Å²) >= 11 is 1.70. The number of hydrogen-bond donors (Lipinski definition) is 0. The molecule has 1 aromatic carbocycles.